The van der Waals surface area contributed by atoms with E-state index in [1.807, 2.05) is 0 Å². The van der Waals surface area contributed by atoms with Crippen molar-refractivity contribution < 1.29 is 4.74 Å². The van der Waals surface area contributed by atoms with Crippen LogP contribution in [0.25, 0.3) is 0 Å². The van der Waals surface area contributed by atoms with Gasteiger partial charge in [0.1, 0.15) is 0 Å². The summed E-state index contributed by atoms with van der Waals surface area (Å²) in [5.74, 6) is 0.716. The molecule has 1 fully saturated rings. The third kappa shape index (κ3) is 2.96. The minimum absolute atomic E-state index is 0.230. The third-order valence-corrected chi connectivity index (χ3v) is 3.28. The van der Waals surface area contributed by atoms with Gasteiger partial charge in [0, 0.05) is 13.2 Å². The zero-order valence-corrected chi connectivity index (χ0v) is 8.96. The lowest BCUT2D eigenvalue weighted by atomic mass is 9.82. The predicted molar refractivity (Wildman–Crippen MR) is 55.6 cm³/mol. The molecule has 0 radical (unpaired) electrons. The van der Waals surface area contributed by atoms with E-state index >= 15 is 0 Å². The van der Waals surface area contributed by atoms with Gasteiger partial charge in [-0.3, -0.25) is 0 Å². The van der Waals surface area contributed by atoms with Crippen LogP contribution in [0.2, 0.25) is 0 Å². The average molecular weight is 185 g/mol. The molecule has 1 aliphatic carbocycles. The topological polar surface area (TPSA) is 35.2 Å². The van der Waals surface area contributed by atoms with Crippen LogP contribution in [0.15, 0.2) is 0 Å². The highest BCUT2D eigenvalue weighted by Crippen LogP contribution is 2.29. The van der Waals surface area contributed by atoms with Crippen LogP contribution in [0.4, 0.5) is 0 Å². The van der Waals surface area contributed by atoms with Gasteiger partial charge in [0.05, 0.1) is 6.10 Å². The summed E-state index contributed by atoms with van der Waals surface area (Å²) < 4.78 is 5.52. The van der Waals surface area contributed by atoms with Crippen LogP contribution in [0, 0.1) is 5.92 Å². The number of nitrogens with two attached hydrogens (primary N) is 1. The number of hydrogen-bond donors (Lipinski definition) is 1. The van der Waals surface area contributed by atoms with Crippen LogP contribution >= 0.6 is 0 Å². The van der Waals surface area contributed by atoms with Crippen LogP contribution in [0.5, 0.6) is 0 Å². The van der Waals surface area contributed by atoms with Gasteiger partial charge in [-0.15, -0.1) is 0 Å². The second-order valence-electron chi connectivity index (χ2n) is 4.17. The maximum Gasteiger partial charge on any atom is 0.0750 e. The third-order valence-electron chi connectivity index (χ3n) is 3.28. The fourth-order valence-electron chi connectivity index (χ4n) is 2.41. The summed E-state index contributed by atoms with van der Waals surface area (Å²) in [6.45, 7) is 2.14. The minimum atomic E-state index is 0.230. The monoisotopic (exact) mass is 185 g/mol. The van der Waals surface area contributed by atoms with Gasteiger partial charge >= 0.3 is 0 Å². The molecule has 78 valence electrons. The number of hydrogen-bond acceptors (Lipinski definition) is 2. The summed E-state index contributed by atoms with van der Waals surface area (Å²) in [6, 6.07) is 0.230. The van der Waals surface area contributed by atoms with Gasteiger partial charge in [-0.05, 0) is 25.2 Å². The maximum absolute atomic E-state index is 6.03. The van der Waals surface area contributed by atoms with E-state index in [1.54, 1.807) is 7.11 Å². The molecule has 0 aromatic carbocycles. The van der Waals surface area contributed by atoms with Crippen molar-refractivity contribution in [3.63, 3.8) is 0 Å². The molecule has 1 rings (SSSR count). The molecule has 2 nitrogen and oxygen atoms in total. The molecular formula is C11H23NO. The molecule has 0 saturated heterocycles. The minimum Gasteiger partial charge on any atom is -0.380 e. The molecule has 0 aromatic rings. The average Bonchev–Trinajstić information content (AvgIpc) is 2.20. The first kappa shape index (κ1) is 11.0. The molecular weight excluding hydrogens is 162 g/mol. The highest BCUT2D eigenvalue weighted by molar-refractivity contribution is 4.81. The highest BCUT2D eigenvalue weighted by atomic mass is 16.5. The van der Waals surface area contributed by atoms with E-state index in [1.165, 1.54) is 32.1 Å². The van der Waals surface area contributed by atoms with Crippen molar-refractivity contribution in [2.75, 3.05) is 7.11 Å². The largest absolute Gasteiger partial charge is 0.380 e. The number of rotatable bonds is 4. The summed E-state index contributed by atoms with van der Waals surface area (Å²) in [6.07, 6.45) is 8.06. The van der Waals surface area contributed by atoms with Crippen molar-refractivity contribution in [1.82, 2.24) is 0 Å². The van der Waals surface area contributed by atoms with Crippen molar-refractivity contribution in [2.45, 2.75) is 57.6 Å². The maximum atomic E-state index is 6.03. The van der Waals surface area contributed by atoms with Gasteiger partial charge in [0.15, 0.2) is 0 Å². The van der Waals surface area contributed by atoms with E-state index in [4.69, 9.17) is 10.5 Å². The SMILES string of the molecule is CC[C@H](N)C(OC)C1CCCCC1. The molecule has 1 unspecified atom stereocenters. The Kier molecular flexibility index (Phi) is 4.74. The lowest BCUT2D eigenvalue weighted by molar-refractivity contribution is 0.0170. The smallest absolute Gasteiger partial charge is 0.0750 e. The fourth-order valence-corrected chi connectivity index (χ4v) is 2.41. The summed E-state index contributed by atoms with van der Waals surface area (Å²) in [4.78, 5) is 0. The molecule has 0 aromatic heterocycles. The Morgan fingerprint density at radius 1 is 1.31 bits per heavy atom. The molecule has 0 spiro atoms. The lowest BCUT2D eigenvalue weighted by Gasteiger charge is -2.32. The second-order valence-corrected chi connectivity index (χ2v) is 4.17. The first-order valence-electron chi connectivity index (χ1n) is 5.58. The predicted octanol–water partition coefficient (Wildman–Crippen LogP) is 2.32. The summed E-state index contributed by atoms with van der Waals surface area (Å²) in [7, 11) is 1.80. The van der Waals surface area contributed by atoms with Crippen molar-refractivity contribution in [3.8, 4) is 0 Å². The Bertz CT molecular complexity index is 132. The van der Waals surface area contributed by atoms with Crippen LogP contribution < -0.4 is 5.73 Å². The molecule has 2 N–H and O–H groups in total. The molecule has 1 saturated carbocycles. The van der Waals surface area contributed by atoms with Crippen molar-refractivity contribution in [1.29, 1.82) is 0 Å². The Balaban J connectivity index is 2.43. The van der Waals surface area contributed by atoms with Crippen molar-refractivity contribution in [3.05, 3.63) is 0 Å². The molecule has 1 aliphatic rings. The normalized spacial score (nSPS) is 24.2. The van der Waals surface area contributed by atoms with Crippen LogP contribution in [-0.4, -0.2) is 19.3 Å². The molecule has 0 heterocycles. The Labute approximate surface area is 81.8 Å². The van der Waals surface area contributed by atoms with E-state index in [0.717, 1.165) is 6.42 Å². The van der Waals surface area contributed by atoms with E-state index in [9.17, 15) is 0 Å². The van der Waals surface area contributed by atoms with E-state index < -0.39 is 0 Å². The summed E-state index contributed by atoms with van der Waals surface area (Å²) >= 11 is 0. The van der Waals surface area contributed by atoms with Gasteiger partial charge in [0.25, 0.3) is 0 Å². The molecule has 0 aliphatic heterocycles. The van der Waals surface area contributed by atoms with Gasteiger partial charge in [-0.2, -0.15) is 0 Å². The van der Waals surface area contributed by atoms with Crippen LogP contribution in [-0.2, 0) is 4.74 Å². The van der Waals surface area contributed by atoms with Crippen LogP contribution in [0.3, 0.4) is 0 Å². The van der Waals surface area contributed by atoms with Crippen LogP contribution in [0.1, 0.15) is 45.4 Å². The lowest BCUT2D eigenvalue weighted by Crippen LogP contribution is -2.41. The Hall–Kier alpha value is -0.0800. The Morgan fingerprint density at radius 3 is 2.38 bits per heavy atom. The van der Waals surface area contributed by atoms with Gasteiger partial charge in [-0.1, -0.05) is 26.2 Å². The van der Waals surface area contributed by atoms with Gasteiger partial charge in [0.2, 0.25) is 0 Å². The highest BCUT2D eigenvalue weighted by Gasteiger charge is 2.27. The second kappa shape index (κ2) is 5.61. The molecule has 0 bridgehead atoms. The van der Waals surface area contributed by atoms with Gasteiger partial charge < -0.3 is 10.5 Å². The standard InChI is InChI=1S/C11H23NO/c1-3-10(12)11(13-2)9-7-5-4-6-8-9/h9-11H,3-8,12H2,1-2H3/t10-,11?/m0/s1. The fraction of sp³-hybridized carbons (Fsp3) is 1.00. The van der Waals surface area contributed by atoms with Crippen molar-refractivity contribution in [2.24, 2.45) is 11.7 Å². The van der Waals surface area contributed by atoms with Crippen molar-refractivity contribution >= 4 is 0 Å². The quantitative estimate of drug-likeness (QED) is 0.729. The Morgan fingerprint density at radius 2 is 1.92 bits per heavy atom. The van der Waals surface area contributed by atoms with E-state index in [2.05, 4.69) is 6.92 Å². The first-order valence-corrected chi connectivity index (χ1v) is 5.58. The summed E-state index contributed by atoms with van der Waals surface area (Å²) in [5, 5.41) is 0. The number of ether oxygens (including phenoxy) is 1. The molecule has 2 atom stereocenters. The molecule has 2 heteroatoms. The molecule has 13 heavy (non-hydrogen) atoms. The number of methoxy groups -OCH3 is 1. The van der Waals surface area contributed by atoms with E-state index in [0.29, 0.717) is 12.0 Å². The zero-order valence-electron chi connectivity index (χ0n) is 8.96. The molecule has 0 amide bonds. The van der Waals surface area contributed by atoms with Gasteiger partial charge in [-0.25, -0.2) is 0 Å². The summed E-state index contributed by atoms with van der Waals surface area (Å²) in [5.41, 5.74) is 6.03. The zero-order chi connectivity index (χ0) is 9.68. The van der Waals surface area contributed by atoms with E-state index in [-0.39, 0.29) is 6.04 Å². The first-order chi connectivity index (χ1) is 6.29.